The fourth-order valence-corrected chi connectivity index (χ4v) is 4.64. The second kappa shape index (κ2) is 5.83. The van der Waals surface area contributed by atoms with Gasteiger partial charge in [-0.25, -0.2) is 4.40 Å². The summed E-state index contributed by atoms with van der Waals surface area (Å²) in [7, 11) is 0. The van der Waals surface area contributed by atoms with Crippen molar-refractivity contribution in [2.24, 2.45) is 0 Å². The molecule has 0 bridgehead atoms. The molecule has 0 saturated carbocycles. The minimum atomic E-state index is -0.128. The maximum Gasteiger partial charge on any atom is 0.310 e. The third-order valence-corrected chi connectivity index (χ3v) is 5.96. The number of imidazole rings is 1. The van der Waals surface area contributed by atoms with Gasteiger partial charge in [0.2, 0.25) is 0 Å². The first-order valence-corrected chi connectivity index (χ1v) is 10.1. The molecule has 7 aromatic rings. The third-order valence-electron chi connectivity index (χ3n) is 5.96. The lowest BCUT2D eigenvalue weighted by Gasteiger charge is -2.08. The van der Waals surface area contributed by atoms with Crippen molar-refractivity contribution in [1.29, 1.82) is 0 Å². The second-order valence-electron chi connectivity index (χ2n) is 7.65. The van der Waals surface area contributed by atoms with E-state index in [9.17, 15) is 4.79 Å². The zero-order chi connectivity index (χ0) is 20.5. The van der Waals surface area contributed by atoms with Gasteiger partial charge in [0, 0.05) is 16.5 Å². The fraction of sp³-hybridized carbons (Fsp3) is 0. The van der Waals surface area contributed by atoms with Gasteiger partial charge < -0.3 is 8.98 Å². The van der Waals surface area contributed by atoms with Crippen molar-refractivity contribution in [3.05, 3.63) is 101 Å². The molecule has 0 aliphatic rings. The Morgan fingerprint density at radius 2 is 1.42 bits per heavy atom. The monoisotopic (exact) mass is 401 g/mol. The number of fused-ring (bicyclic) bond motifs is 8. The quantitative estimate of drug-likeness (QED) is 0.355. The van der Waals surface area contributed by atoms with E-state index in [4.69, 9.17) is 4.42 Å². The van der Waals surface area contributed by atoms with Crippen molar-refractivity contribution in [1.82, 2.24) is 14.0 Å². The van der Waals surface area contributed by atoms with Crippen LogP contribution in [0.25, 0.3) is 55.3 Å². The predicted molar refractivity (Wildman–Crippen MR) is 123 cm³/mol. The van der Waals surface area contributed by atoms with Gasteiger partial charge in [0.1, 0.15) is 11.1 Å². The molecule has 0 aliphatic carbocycles. The third kappa shape index (κ3) is 2.09. The molecule has 5 nitrogen and oxygen atoms in total. The number of rotatable bonds is 1. The molecule has 4 aromatic carbocycles. The summed E-state index contributed by atoms with van der Waals surface area (Å²) in [5, 5.41) is 2.73. The Balaban J connectivity index is 1.81. The lowest BCUT2D eigenvalue weighted by molar-refractivity contribution is 0.616. The van der Waals surface area contributed by atoms with Crippen LogP contribution in [0.3, 0.4) is 0 Å². The van der Waals surface area contributed by atoms with E-state index in [1.807, 2.05) is 48.5 Å². The van der Waals surface area contributed by atoms with Crippen molar-refractivity contribution in [3.8, 4) is 5.69 Å². The maximum atomic E-state index is 13.5. The standard InChI is InChI=1S/C26H15N3O2/c30-25-19-11-5-7-13-22(19)31-26-27-20-15-14-18-17-10-4-6-12-21(17)28(16-8-2-1-3-9-16)23(18)24(20)29(25)26/h1-15H. The summed E-state index contributed by atoms with van der Waals surface area (Å²) in [5.74, 6) is 0.302. The highest BCUT2D eigenvalue weighted by atomic mass is 16.3. The lowest BCUT2D eigenvalue weighted by atomic mass is 10.1. The van der Waals surface area contributed by atoms with E-state index in [0.717, 1.165) is 38.5 Å². The molecule has 0 fully saturated rings. The van der Waals surface area contributed by atoms with Crippen LogP contribution in [0.4, 0.5) is 0 Å². The summed E-state index contributed by atoms with van der Waals surface area (Å²) in [5.41, 5.74) is 4.94. The molecule has 5 heteroatoms. The van der Waals surface area contributed by atoms with Gasteiger partial charge in [-0.3, -0.25) is 4.79 Å². The summed E-state index contributed by atoms with van der Waals surface area (Å²) in [6, 6.07) is 29.8. The predicted octanol–water partition coefficient (Wildman–Crippen LogP) is 5.69. The first-order chi connectivity index (χ1) is 15.3. The number of hydrogen-bond acceptors (Lipinski definition) is 3. The van der Waals surface area contributed by atoms with Gasteiger partial charge in [-0.15, -0.1) is 0 Å². The van der Waals surface area contributed by atoms with Crippen LogP contribution < -0.4 is 5.56 Å². The average molecular weight is 401 g/mol. The molecule has 0 aliphatic heterocycles. The van der Waals surface area contributed by atoms with Gasteiger partial charge in [-0.05, 0) is 42.5 Å². The van der Waals surface area contributed by atoms with Crippen molar-refractivity contribution >= 4 is 49.7 Å². The van der Waals surface area contributed by atoms with Crippen molar-refractivity contribution in [2.75, 3.05) is 0 Å². The van der Waals surface area contributed by atoms with Crippen molar-refractivity contribution in [2.45, 2.75) is 0 Å². The fourth-order valence-electron chi connectivity index (χ4n) is 4.64. The highest BCUT2D eigenvalue weighted by Crippen LogP contribution is 2.36. The Labute approximate surface area is 175 Å². The molecule has 3 heterocycles. The highest BCUT2D eigenvalue weighted by Gasteiger charge is 2.20. The van der Waals surface area contributed by atoms with Crippen LogP contribution in [0, 0.1) is 0 Å². The Morgan fingerprint density at radius 1 is 0.677 bits per heavy atom. The van der Waals surface area contributed by atoms with E-state index in [1.54, 1.807) is 16.5 Å². The van der Waals surface area contributed by atoms with Crippen LogP contribution >= 0.6 is 0 Å². The number of benzene rings is 4. The molecule has 31 heavy (non-hydrogen) atoms. The molecule has 0 atom stereocenters. The van der Waals surface area contributed by atoms with E-state index in [1.165, 1.54) is 0 Å². The van der Waals surface area contributed by atoms with Crippen LogP contribution in [-0.2, 0) is 0 Å². The van der Waals surface area contributed by atoms with Crippen LogP contribution in [0.15, 0.2) is 100 Å². The van der Waals surface area contributed by atoms with E-state index in [0.29, 0.717) is 16.8 Å². The smallest absolute Gasteiger partial charge is 0.310 e. The highest BCUT2D eigenvalue weighted by molar-refractivity contribution is 6.17. The topological polar surface area (TPSA) is 52.4 Å². The Hall–Kier alpha value is -4.38. The molecule has 0 unspecified atom stereocenters. The van der Waals surface area contributed by atoms with Gasteiger partial charge >= 0.3 is 5.84 Å². The van der Waals surface area contributed by atoms with Crippen molar-refractivity contribution in [3.63, 3.8) is 0 Å². The van der Waals surface area contributed by atoms with E-state index in [-0.39, 0.29) is 5.56 Å². The Bertz CT molecular complexity index is 1860. The van der Waals surface area contributed by atoms with Gasteiger partial charge in [-0.2, -0.15) is 4.98 Å². The molecular formula is C26H15N3O2. The molecule has 0 saturated heterocycles. The molecule has 0 N–H and O–H groups in total. The summed E-state index contributed by atoms with van der Waals surface area (Å²) in [4.78, 5) is 18.2. The Kier molecular flexibility index (Phi) is 3.09. The zero-order valence-electron chi connectivity index (χ0n) is 16.3. The second-order valence-corrected chi connectivity index (χ2v) is 7.65. The van der Waals surface area contributed by atoms with Crippen LogP contribution in [0.2, 0.25) is 0 Å². The van der Waals surface area contributed by atoms with E-state index >= 15 is 0 Å². The first kappa shape index (κ1) is 16.4. The zero-order valence-corrected chi connectivity index (χ0v) is 16.3. The normalized spacial score (nSPS) is 12.0. The summed E-state index contributed by atoms with van der Waals surface area (Å²) in [6.07, 6.45) is 0. The Morgan fingerprint density at radius 3 is 2.29 bits per heavy atom. The molecule has 0 spiro atoms. The van der Waals surface area contributed by atoms with Crippen LogP contribution in [-0.4, -0.2) is 14.0 Å². The van der Waals surface area contributed by atoms with Crippen molar-refractivity contribution < 1.29 is 4.42 Å². The van der Waals surface area contributed by atoms with Gasteiger partial charge in [0.15, 0.2) is 0 Å². The summed E-state index contributed by atoms with van der Waals surface area (Å²) < 4.78 is 9.84. The summed E-state index contributed by atoms with van der Waals surface area (Å²) in [6.45, 7) is 0. The number of nitrogens with zero attached hydrogens (tertiary/aromatic N) is 3. The summed E-state index contributed by atoms with van der Waals surface area (Å²) >= 11 is 0. The molecular weight excluding hydrogens is 386 g/mol. The minimum absolute atomic E-state index is 0.128. The first-order valence-electron chi connectivity index (χ1n) is 10.1. The molecule has 3 aromatic heterocycles. The van der Waals surface area contributed by atoms with Gasteiger partial charge in [-0.1, -0.05) is 48.5 Å². The lowest BCUT2D eigenvalue weighted by Crippen LogP contribution is -2.12. The molecule has 7 rings (SSSR count). The van der Waals surface area contributed by atoms with E-state index < -0.39 is 0 Å². The number of para-hydroxylation sites is 3. The van der Waals surface area contributed by atoms with Gasteiger partial charge in [0.05, 0.1) is 21.9 Å². The average Bonchev–Trinajstić information content (AvgIpc) is 3.35. The largest absolute Gasteiger partial charge is 0.424 e. The minimum Gasteiger partial charge on any atom is -0.424 e. The molecule has 0 amide bonds. The SMILES string of the molecule is O=c1c2ccccc2oc2nc3ccc4c5ccccc5n(-c5ccccc5)c4c3n12. The number of aromatic nitrogens is 3. The maximum absolute atomic E-state index is 13.5. The molecule has 146 valence electrons. The van der Waals surface area contributed by atoms with Gasteiger partial charge in [0.25, 0.3) is 5.56 Å². The molecule has 0 radical (unpaired) electrons. The van der Waals surface area contributed by atoms with Crippen LogP contribution in [0.1, 0.15) is 0 Å². The van der Waals surface area contributed by atoms with Crippen LogP contribution in [0.5, 0.6) is 0 Å². The van der Waals surface area contributed by atoms with E-state index in [2.05, 4.69) is 39.9 Å². The number of hydrogen-bond donors (Lipinski definition) is 0.